The molecule has 1 amide bonds. The number of hydrogen-bond acceptors (Lipinski definition) is 6. The first-order valence-electron chi connectivity index (χ1n) is 6.53. The first kappa shape index (κ1) is 17.1. The number of aromatic nitrogens is 2. The standard InChI is InChI=1S/C14H9Cl2N3O3S2/c15-6-1-2-7(16)8(3-6)17-11(22)5-23-14-19-13-12(24-14)9(20)4-10(21)18-13/h1-4H,5H2,(H,17,22)(H2,18,20,21). The van der Waals surface area contributed by atoms with Gasteiger partial charge >= 0.3 is 0 Å². The van der Waals surface area contributed by atoms with Crippen molar-refractivity contribution in [1.29, 1.82) is 0 Å². The number of carbonyl (C=O) groups excluding carboxylic acids is 1. The summed E-state index contributed by atoms with van der Waals surface area (Å²) in [6.45, 7) is 0. The molecule has 0 unspecified atom stereocenters. The highest BCUT2D eigenvalue weighted by Gasteiger charge is 2.12. The Morgan fingerprint density at radius 1 is 1.38 bits per heavy atom. The molecule has 3 rings (SSSR count). The van der Waals surface area contributed by atoms with Crippen molar-refractivity contribution >= 4 is 68.2 Å². The number of anilines is 1. The van der Waals surface area contributed by atoms with Crippen molar-refractivity contribution < 1.29 is 9.90 Å². The van der Waals surface area contributed by atoms with Gasteiger partial charge in [-0.05, 0) is 18.2 Å². The van der Waals surface area contributed by atoms with E-state index in [1.54, 1.807) is 18.2 Å². The van der Waals surface area contributed by atoms with E-state index in [1.165, 1.54) is 23.1 Å². The number of halogens is 2. The van der Waals surface area contributed by atoms with E-state index in [0.717, 1.165) is 6.07 Å². The van der Waals surface area contributed by atoms with Crippen molar-refractivity contribution in [2.45, 2.75) is 4.34 Å². The highest BCUT2D eigenvalue weighted by molar-refractivity contribution is 8.01. The molecule has 10 heteroatoms. The van der Waals surface area contributed by atoms with Crippen molar-refractivity contribution in [3.8, 4) is 5.75 Å². The molecule has 124 valence electrons. The number of aromatic hydroxyl groups is 1. The summed E-state index contributed by atoms with van der Waals surface area (Å²) in [5, 5.41) is 13.3. The molecule has 2 heterocycles. The number of carbonyl (C=O) groups is 1. The van der Waals surface area contributed by atoms with Gasteiger partial charge < -0.3 is 15.4 Å². The van der Waals surface area contributed by atoms with Gasteiger partial charge in [0.05, 0.1) is 16.5 Å². The Morgan fingerprint density at radius 3 is 2.96 bits per heavy atom. The zero-order chi connectivity index (χ0) is 17.3. The van der Waals surface area contributed by atoms with Crippen molar-refractivity contribution in [1.82, 2.24) is 9.97 Å². The smallest absolute Gasteiger partial charge is 0.253 e. The number of pyridine rings is 1. The van der Waals surface area contributed by atoms with Crippen LogP contribution in [0, 0.1) is 0 Å². The van der Waals surface area contributed by atoms with Crippen LogP contribution in [-0.4, -0.2) is 26.7 Å². The van der Waals surface area contributed by atoms with Gasteiger partial charge in [0.2, 0.25) is 5.91 Å². The second-order valence-corrected chi connectivity index (χ2v) is 7.70. The number of amides is 1. The molecule has 2 aromatic heterocycles. The normalized spacial score (nSPS) is 10.9. The maximum atomic E-state index is 12.0. The Balaban J connectivity index is 1.69. The lowest BCUT2D eigenvalue weighted by molar-refractivity contribution is -0.113. The first-order valence-corrected chi connectivity index (χ1v) is 9.09. The van der Waals surface area contributed by atoms with Gasteiger partial charge in [-0.15, -0.1) is 11.3 Å². The highest BCUT2D eigenvalue weighted by Crippen LogP contribution is 2.33. The highest BCUT2D eigenvalue weighted by atomic mass is 35.5. The fourth-order valence-corrected chi connectivity index (χ4v) is 4.02. The number of hydrogen-bond donors (Lipinski definition) is 3. The fraction of sp³-hybridized carbons (Fsp3) is 0.0714. The van der Waals surface area contributed by atoms with Crippen molar-refractivity contribution in [2.75, 3.05) is 11.1 Å². The number of rotatable bonds is 4. The third kappa shape index (κ3) is 3.84. The molecule has 0 aliphatic carbocycles. The predicted octanol–water partition coefficient (Wildman–Crippen LogP) is 3.73. The van der Waals surface area contributed by atoms with Crippen LogP contribution in [0.25, 0.3) is 10.3 Å². The summed E-state index contributed by atoms with van der Waals surface area (Å²) in [5.41, 5.74) is 0.294. The minimum Gasteiger partial charge on any atom is -0.506 e. The lowest BCUT2D eigenvalue weighted by Gasteiger charge is -2.06. The summed E-state index contributed by atoms with van der Waals surface area (Å²) in [6, 6.07) is 5.87. The third-order valence-electron chi connectivity index (χ3n) is 2.88. The van der Waals surface area contributed by atoms with Gasteiger partial charge in [-0.1, -0.05) is 35.0 Å². The quantitative estimate of drug-likeness (QED) is 0.578. The van der Waals surface area contributed by atoms with E-state index >= 15 is 0 Å². The molecule has 6 nitrogen and oxygen atoms in total. The minimum atomic E-state index is -0.435. The predicted molar refractivity (Wildman–Crippen MR) is 97.7 cm³/mol. The molecule has 3 aromatic rings. The van der Waals surface area contributed by atoms with Crippen LogP contribution in [0.2, 0.25) is 10.0 Å². The summed E-state index contributed by atoms with van der Waals surface area (Å²) in [6.07, 6.45) is 0. The number of H-pyrrole nitrogens is 1. The Labute approximate surface area is 153 Å². The number of benzene rings is 1. The van der Waals surface area contributed by atoms with Crippen molar-refractivity contribution in [3.63, 3.8) is 0 Å². The van der Waals surface area contributed by atoms with E-state index in [4.69, 9.17) is 23.2 Å². The topological polar surface area (TPSA) is 95.1 Å². The van der Waals surface area contributed by atoms with Crippen LogP contribution in [0.15, 0.2) is 33.4 Å². The lowest BCUT2D eigenvalue weighted by atomic mass is 10.3. The molecule has 1 aromatic carbocycles. The van der Waals surface area contributed by atoms with Gasteiger partial charge in [-0.25, -0.2) is 4.98 Å². The Bertz CT molecular complexity index is 987. The average Bonchev–Trinajstić information content (AvgIpc) is 2.92. The molecule has 0 aliphatic heterocycles. The van der Waals surface area contributed by atoms with Crippen LogP contribution < -0.4 is 10.9 Å². The zero-order valence-electron chi connectivity index (χ0n) is 11.8. The first-order chi connectivity index (χ1) is 11.4. The number of thioether (sulfide) groups is 1. The number of aromatic amines is 1. The summed E-state index contributed by atoms with van der Waals surface area (Å²) in [4.78, 5) is 30.0. The second-order valence-electron chi connectivity index (χ2n) is 4.64. The Morgan fingerprint density at radius 2 is 2.17 bits per heavy atom. The number of nitrogens with one attached hydrogen (secondary N) is 2. The van der Waals surface area contributed by atoms with Crippen LogP contribution in [0.4, 0.5) is 5.69 Å². The fourth-order valence-electron chi connectivity index (χ4n) is 1.87. The summed E-state index contributed by atoms with van der Waals surface area (Å²) in [5.74, 6) is -0.317. The van der Waals surface area contributed by atoms with Gasteiger partial charge in [0.15, 0.2) is 9.99 Å². The van der Waals surface area contributed by atoms with E-state index in [9.17, 15) is 14.7 Å². The molecule has 0 atom stereocenters. The number of thiazole rings is 1. The average molecular weight is 402 g/mol. The Hall–Kier alpha value is -1.74. The van der Waals surface area contributed by atoms with E-state index in [1.807, 2.05) is 0 Å². The van der Waals surface area contributed by atoms with E-state index in [-0.39, 0.29) is 17.4 Å². The minimum absolute atomic E-state index is 0.0909. The molecule has 0 aliphatic rings. The SMILES string of the molecule is O=C(CSc1nc2[nH]c(=O)cc(O)c2s1)Nc1cc(Cl)ccc1Cl. The lowest BCUT2D eigenvalue weighted by Crippen LogP contribution is -2.14. The summed E-state index contributed by atoms with van der Waals surface area (Å²) >= 11 is 14.2. The van der Waals surface area contributed by atoms with E-state index in [0.29, 0.717) is 30.4 Å². The molecular weight excluding hydrogens is 393 g/mol. The Kier molecular flexibility index (Phi) is 5.00. The molecule has 0 saturated carbocycles. The molecule has 0 bridgehead atoms. The number of nitrogens with zero attached hydrogens (tertiary/aromatic N) is 1. The van der Waals surface area contributed by atoms with Crippen LogP contribution in [0.5, 0.6) is 5.75 Å². The molecular formula is C14H9Cl2N3O3S2. The maximum Gasteiger partial charge on any atom is 0.253 e. The van der Waals surface area contributed by atoms with E-state index in [2.05, 4.69) is 15.3 Å². The van der Waals surface area contributed by atoms with Crippen LogP contribution in [0.1, 0.15) is 0 Å². The van der Waals surface area contributed by atoms with Crippen molar-refractivity contribution in [2.24, 2.45) is 0 Å². The summed E-state index contributed by atoms with van der Waals surface area (Å²) < 4.78 is 1.02. The van der Waals surface area contributed by atoms with Crippen molar-refractivity contribution in [3.05, 3.63) is 44.7 Å². The van der Waals surface area contributed by atoms with Gasteiger partial charge in [0, 0.05) is 11.1 Å². The second kappa shape index (κ2) is 7.02. The van der Waals surface area contributed by atoms with Crippen LogP contribution in [-0.2, 0) is 4.79 Å². The number of fused-ring (bicyclic) bond motifs is 1. The molecule has 3 N–H and O–H groups in total. The van der Waals surface area contributed by atoms with E-state index < -0.39 is 5.56 Å². The zero-order valence-corrected chi connectivity index (χ0v) is 14.9. The molecule has 0 fully saturated rings. The molecule has 0 saturated heterocycles. The molecule has 0 spiro atoms. The van der Waals surface area contributed by atoms with Crippen LogP contribution in [0.3, 0.4) is 0 Å². The summed E-state index contributed by atoms with van der Waals surface area (Å²) in [7, 11) is 0. The monoisotopic (exact) mass is 401 g/mol. The molecule has 24 heavy (non-hydrogen) atoms. The van der Waals surface area contributed by atoms with Gasteiger partial charge in [-0.3, -0.25) is 9.59 Å². The van der Waals surface area contributed by atoms with Gasteiger partial charge in [-0.2, -0.15) is 0 Å². The third-order valence-corrected chi connectivity index (χ3v) is 5.66. The maximum absolute atomic E-state index is 12.0. The van der Waals surface area contributed by atoms with Crippen LogP contribution >= 0.6 is 46.3 Å². The largest absolute Gasteiger partial charge is 0.506 e. The van der Waals surface area contributed by atoms with Gasteiger partial charge in [0.25, 0.3) is 5.56 Å². The molecule has 0 radical (unpaired) electrons. The van der Waals surface area contributed by atoms with Gasteiger partial charge in [0.1, 0.15) is 10.4 Å².